The number of ether oxygens (including phenoxy) is 1. The van der Waals surface area contributed by atoms with Crippen LogP contribution in [0.3, 0.4) is 0 Å². The number of rotatable bonds is 5. The minimum atomic E-state index is -3.91. The van der Waals surface area contributed by atoms with Crippen LogP contribution in [0.1, 0.15) is 0 Å². The summed E-state index contributed by atoms with van der Waals surface area (Å²) >= 11 is 0. The van der Waals surface area contributed by atoms with E-state index in [1.54, 1.807) is 0 Å². The quantitative estimate of drug-likeness (QED) is 0.759. The van der Waals surface area contributed by atoms with Gasteiger partial charge in [-0.3, -0.25) is 4.72 Å². The van der Waals surface area contributed by atoms with E-state index in [4.69, 9.17) is 9.76 Å². The Morgan fingerprint density at radius 1 is 1.33 bits per heavy atom. The molecule has 2 rings (SSSR count). The van der Waals surface area contributed by atoms with E-state index in [9.17, 15) is 12.8 Å². The fourth-order valence-electron chi connectivity index (χ4n) is 1.64. The number of anilines is 1. The van der Waals surface area contributed by atoms with Crippen LogP contribution in [0.2, 0.25) is 0 Å². The molecule has 1 aromatic carbocycles. The largest absolute Gasteiger partial charge is 0.480 e. The fraction of sp³-hybridized carbons (Fsp3) is 0.0833. The van der Waals surface area contributed by atoms with E-state index in [2.05, 4.69) is 9.71 Å². The molecule has 0 bridgehead atoms. The van der Waals surface area contributed by atoms with Crippen LogP contribution in [-0.2, 0) is 10.0 Å². The van der Waals surface area contributed by atoms with Gasteiger partial charge in [0.05, 0.1) is 12.0 Å². The predicted octanol–water partition coefficient (Wildman–Crippen LogP) is -0.000800. The Morgan fingerprint density at radius 2 is 2.00 bits per heavy atom. The minimum Gasteiger partial charge on any atom is -0.480 e. The van der Waals surface area contributed by atoms with Gasteiger partial charge in [-0.25, -0.2) is 17.8 Å². The average molecular weight is 310 g/mol. The topological polar surface area (TPSA) is 88.5 Å². The van der Waals surface area contributed by atoms with Gasteiger partial charge < -0.3 is 9.76 Å². The van der Waals surface area contributed by atoms with Gasteiger partial charge in [0, 0.05) is 6.20 Å². The molecule has 0 amide bonds. The van der Waals surface area contributed by atoms with Crippen molar-refractivity contribution in [3.63, 3.8) is 0 Å². The highest BCUT2D eigenvalue weighted by molar-refractivity contribution is 7.92. The summed E-state index contributed by atoms with van der Waals surface area (Å²) in [5.74, 6) is -0.464. The molecular weight excluding hydrogens is 298 g/mol. The van der Waals surface area contributed by atoms with Crippen molar-refractivity contribution in [1.29, 1.82) is 0 Å². The van der Waals surface area contributed by atoms with Crippen molar-refractivity contribution >= 4 is 28.7 Å². The summed E-state index contributed by atoms with van der Waals surface area (Å²) in [5, 5.41) is 9.07. The zero-order valence-corrected chi connectivity index (χ0v) is 11.9. The molecule has 0 aliphatic carbocycles. The number of benzene rings is 1. The lowest BCUT2D eigenvalue weighted by Crippen LogP contribution is -2.19. The molecule has 21 heavy (non-hydrogen) atoms. The first kappa shape index (κ1) is 15.3. The summed E-state index contributed by atoms with van der Waals surface area (Å²) in [6.45, 7) is 0. The third-order valence-electron chi connectivity index (χ3n) is 2.65. The van der Waals surface area contributed by atoms with Gasteiger partial charge in [0.25, 0.3) is 10.0 Å². The summed E-state index contributed by atoms with van der Waals surface area (Å²) in [6, 6.07) is 5.80. The third-order valence-corrected chi connectivity index (χ3v) is 4.03. The van der Waals surface area contributed by atoms with Crippen molar-refractivity contribution in [2.24, 2.45) is 0 Å². The molecule has 0 spiro atoms. The number of methoxy groups -OCH3 is 1. The standard InChI is InChI=1S/C12H12BFN2O4S/c1-20-12-11(6-8(13-17)7-15-12)16-21(18,19)10-4-2-9(14)3-5-10/h2-7,13,16-17H,1H3. The van der Waals surface area contributed by atoms with Gasteiger partial charge in [0.2, 0.25) is 5.88 Å². The predicted molar refractivity (Wildman–Crippen MR) is 77.0 cm³/mol. The van der Waals surface area contributed by atoms with E-state index in [0.717, 1.165) is 24.3 Å². The molecule has 2 N–H and O–H groups in total. The molecule has 1 heterocycles. The monoisotopic (exact) mass is 310 g/mol. The summed E-state index contributed by atoms with van der Waals surface area (Å²) in [4.78, 5) is 3.79. The van der Waals surface area contributed by atoms with Gasteiger partial charge >= 0.3 is 7.48 Å². The van der Waals surface area contributed by atoms with Gasteiger partial charge in [-0.1, -0.05) is 0 Å². The molecule has 0 aliphatic rings. The van der Waals surface area contributed by atoms with Crippen molar-refractivity contribution in [2.45, 2.75) is 4.90 Å². The van der Waals surface area contributed by atoms with Gasteiger partial charge in [-0.2, -0.15) is 0 Å². The number of hydrogen-bond acceptors (Lipinski definition) is 5. The Bertz CT molecular complexity index is 737. The summed E-state index contributed by atoms with van der Waals surface area (Å²) < 4.78 is 44.5. The van der Waals surface area contributed by atoms with Crippen LogP contribution < -0.4 is 14.9 Å². The van der Waals surface area contributed by atoms with E-state index in [1.807, 2.05) is 0 Å². The maximum atomic E-state index is 12.8. The molecule has 0 unspecified atom stereocenters. The Hall–Kier alpha value is -2.13. The van der Waals surface area contributed by atoms with Crippen LogP contribution >= 0.6 is 0 Å². The van der Waals surface area contributed by atoms with Crippen molar-refractivity contribution in [3.05, 3.63) is 42.3 Å². The van der Waals surface area contributed by atoms with Crippen LogP contribution in [0.15, 0.2) is 41.4 Å². The lowest BCUT2D eigenvalue weighted by Gasteiger charge is -2.11. The molecule has 0 saturated heterocycles. The first-order chi connectivity index (χ1) is 9.96. The molecule has 0 radical (unpaired) electrons. The van der Waals surface area contributed by atoms with Crippen LogP contribution in [0.5, 0.6) is 5.88 Å². The highest BCUT2D eigenvalue weighted by atomic mass is 32.2. The molecule has 0 aliphatic heterocycles. The highest BCUT2D eigenvalue weighted by Gasteiger charge is 2.17. The third kappa shape index (κ3) is 3.50. The van der Waals surface area contributed by atoms with Crippen molar-refractivity contribution < 1.29 is 22.6 Å². The molecular formula is C12H12BFN2O4S. The molecule has 110 valence electrons. The van der Waals surface area contributed by atoms with E-state index >= 15 is 0 Å². The number of halogens is 1. The number of aromatic nitrogens is 1. The molecule has 6 nitrogen and oxygen atoms in total. The van der Waals surface area contributed by atoms with E-state index in [-0.39, 0.29) is 23.9 Å². The first-order valence-corrected chi connectivity index (χ1v) is 7.37. The molecule has 0 saturated carbocycles. The fourth-order valence-corrected chi connectivity index (χ4v) is 2.68. The Morgan fingerprint density at radius 3 is 2.57 bits per heavy atom. The molecule has 0 fully saturated rings. The first-order valence-electron chi connectivity index (χ1n) is 5.88. The van der Waals surface area contributed by atoms with Gasteiger partial charge in [-0.05, 0) is 35.8 Å². The van der Waals surface area contributed by atoms with E-state index < -0.39 is 15.8 Å². The maximum absolute atomic E-state index is 12.8. The highest BCUT2D eigenvalue weighted by Crippen LogP contribution is 2.23. The van der Waals surface area contributed by atoms with Crippen LogP contribution in [-0.4, -0.2) is 33.0 Å². The lowest BCUT2D eigenvalue weighted by atomic mass is 9.90. The number of nitrogens with one attached hydrogen (secondary N) is 1. The summed E-state index contributed by atoms with van der Waals surface area (Å²) in [6.07, 6.45) is 1.37. The van der Waals surface area contributed by atoms with Gasteiger partial charge in [-0.15, -0.1) is 0 Å². The molecule has 1 aromatic heterocycles. The Balaban J connectivity index is 2.38. The maximum Gasteiger partial charge on any atom is 0.306 e. The summed E-state index contributed by atoms with van der Waals surface area (Å²) in [5.41, 5.74) is 0.515. The summed E-state index contributed by atoms with van der Waals surface area (Å²) in [7, 11) is -2.85. The zero-order valence-electron chi connectivity index (χ0n) is 11.1. The van der Waals surface area contributed by atoms with Crippen molar-refractivity contribution in [1.82, 2.24) is 4.98 Å². The van der Waals surface area contributed by atoms with Gasteiger partial charge in [0.15, 0.2) is 0 Å². The number of nitrogens with zero attached hydrogens (tertiary/aromatic N) is 1. The molecule has 9 heteroatoms. The lowest BCUT2D eigenvalue weighted by molar-refractivity contribution is 0.400. The molecule has 0 atom stereocenters. The van der Waals surface area contributed by atoms with Crippen molar-refractivity contribution in [3.8, 4) is 5.88 Å². The Kier molecular flexibility index (Phi) is 4.44. The normalized spacial score (nSPS) is 11.0. The van der Waals surface area contributed by atoms with Crippen LogP contribution in [0.4, 0.5) is 10.1 Å². The van der Waals surface area contributed by atoms with E-state index in [0.29, 0.717) is 5.46 Å². The van der Waals surface area contributed by atoms with E-state index in [1.165, 1.54) is 19.4 Å². The number of hydrogen-bond donors (Lipinski definition) is 2. The second-order valence-corrected chi connectivity index (χ2v) is 5.80. The smallest absolute Gasteiger partial charge is 0.306 e. The molecule has 2 aromatic rings. The van der Waals surface area contributed by atoms with Crippen molar-refractivity contribution in [2.75, 3.05) is 11.8 Å². The Labute approximate surface area is 121 Å². The van der Waals surface area contributed by atoms with Crippen LogP contribution in [0, 0.1) is 5.82 Å². The minimum absolute atomic E-state index is 0.0675. The zero-order chi connectivity index (χ0) is 15.5. The number of sulfonamides is 1. The van der Waals surface area contributed by atoms with Gasteiger partial charge in [0.1, 0.15) is 11.5 Å². The average Bonchev–Trinajstić information content (AvgIpc) is 2.47. The van der Waals surface area contributed by atoms with Crippen LogP contribution in [0.25, 0.3) is 0 Å². The second-order valence-electron chi connectivity index (χ2n) is 4.12. The number of pyridine rings is 1. The second kappa shape index (κ2) is 6.11. The SMILES string of the molecule is COc1ncc(BO)cc1NS(=O)(=O)c1ccc(F)cc1.